The van der Waals surface area contributed by atoms with E-state index in [4.69, 9.17) is 0 Å². The fourth-order valence-corrected chi connectivity index (χ4v) is 10.2. The molecule has 0 aliphatic heterocycles. The average molecular weight is 645 g/mol. The minimum Gasteiger partial charge on any atom is -0.0795 e. The standard InChI is InChI=1S/C51H32/c1-3-13-35-31(11-1)27-45-37(17-9-19-39(35)45)33-23-25-43-44-26-24-34(38-18-10-20-40-36-14-4-2-12-32(36)28-46(38)40)30-50(44)51(49(43)29-33)47-21-7-5-15-41(47)42-16-6-8-22-48(42)51/h1-16,19-30H,17-18H2. The Morgan fingerprint density at radius 1 is 0.373 bits per heavy atom. The van der Waals surface area contributed by atoms with E-state index in [0.29, 0.717) is 0 Å². The molecule has 6 aromatic rings. The van der Waals surface area contributed by atoms with E-state index in [1.807, 2.05) is 0 Å². The smallest absolute Gasteiger partial charge is 0.0725 e. The summed E-state index contributed by atoms with van der Waals surface area (Å²) in [5, 5.41) is 5.32. The van der Waals surface area contributed by atoms with Crippen LogP contribution in [0.25, 0.3) is 56.7 Å². The lowest BCUT2D eigenvalue weighted by Gasteiger charge is -2.31. The molecule has 236 valence electrons. The van der Waals surface area contributed by atoms with E-state index in [2.05, 4.69) is 170 Å². The van der Waals surface area contributed by atoms with E-state index >= 15 is 0 Å². The Labute approximate surface area is 297 Å². The van der Waals surface area contributed by atoms with E-state index in [0.717, 1.165) is 12.8 Å². The molecular weight excluding hydrogens is 613 g/mol. The highest BCUT2D eigenvalue weighted by Gasteiger charge is 2.52. The molecule has 6 aliphatic rings. The summed E-state index contributed by atoms with van der Waals surface area (Å²) in [6.45, 7) is 0. The van der Waals surface area contributed by atoms with Crippen molar-refractivity contribution in [2.45, 2.75) is 18.3 Å². The highest BCUT2D eigenvalue weighted by molar-refractivity contribution is 6.03. The van der Waals surface area contributed by atoms with Crippen LogP contribution in [0.1, 0.15) is 46.2 Å². The average Bonchev–Trinajstić information content (AvgIpc) is 3.92. The highest BCUT2D eigenvalue weighted by Crippen LogP contribution is 2.63. The normalized spacial score (nSPS) is 17.3. The number of rotatable bonds is 2. The lowest BCUT2D eigenvalue weighted by atomic mass is 9.69. The molecule has 0 heterocycles. The largest absolute Gasteiger partial charge is 0.0795 e. The molecule has 0 nitrogen and oxygen atoms in total. The van der Waals surface area contributed by atoms with Crippen LogP contribution in [0.4, 0.5) is 0 Å². The van der Waals surface area contributed by atoms with Gasteiger partial charge in [-0.15, -0.1) is 0 Å². The first-order valence-corrected chi connectivity index (χ1v) is 18.2. The van der Waals surface area contributed by atoms with E-state index in [-0.39, 0.29) is 0 Å². The Balaban J connectivity index is 1.13. The van der Waals surface area contributed by atoms with Crippen LogP contribution < -0.4 is 20.9 Å². The van der Waals surface area contributed by atoms with Gasteiger partial charge < -0.3 is 0 Å². The van der Waals surface area contributed by atoms with Crippen LogP contribution in [0.3, 0.4) is 0 Å². The molecule has 0 heteroatoms. The van der Waals surface area contributed by atoms with Crippen molar-refractivity contribution in [3.63, 3.8) is 0 Å². The fraction of sp³-hybridized carbons (Fsp3) is 0.0588. The fourth-order valence-electron chi connectivity index (χ4n) is 10.2. The lowest BCUT2D eigenvalue weighted by molar-refractivity contribution is 0.792. The zero-order valence-electron chi connectivity index (χ0n) is 28.1. The van der Waals surface area contributed by atoms with Crippen molar-refractivity contribution in [1.29, 1.82) is 0 Å². The number of hydrogen-bond donors (Lipinski definition) is 0. The molecule has 0 unspecified atom stereocenters. The third kappa shape index (κ3) is 3.50. The van der Waals surface area contributed by atoms with E-state index in [1.54, 1.807) is 0 Å². The molecular formula is C51H32. The summed E-state index contributed by atoms with van der Waals surface area (Å²) in [7, 11) is 0. The lowest BCUT2D eigenvalue weighted by Crippen LogP contribution is -2.26. The molecule has 0 saturated carbocycles. The summed E-state index contributed by atoms with van der Waals surface area (Å²) in [6.07, 6.45) is 16.0. The Hall–Kier alpha value is -6.24. The van der Waals surface area contributed by atoms with Crippen molar-refractivity contribution in [3.05, 3.63) is 223 Å². The van der Waals surface area contributed by atoms with Crippen LogP contribution in [-0.4, -0.2) is 0 Å². The first-order chi connectivity index (χ1) is 25.3. The molecule has 1 spiro atoms. The monoisotopic (exact) mass is 644 g/mol. The molecule has 0 bridgehead atoms. The molecule has 0 N–H and O–H groups in total. The second kappa shape index (κ2) is 9.93. The molecule has 12 rings (SSSR count). The van der Waals surface area contributed by atoms with Crippen molar-refractivity contribution in [1.82, 2.24) is 0 Å². The molecule has 6 aliphatic carbocycles. The number of benzene rings is 6. The SMILES string of the molecule is C1=CC2=c3ccccc3=CC2=C(c2ccc3c(c2)C2(c4ccccc4-c4ccccc42)c2cc(C4=C5C=c6ccccc6=C5C=CC4)ccc2-3)C1. The van der Waals surface area contributed by atoms with Crippen LogP contribution in [0.2, 0.25) is 0 Å². The second-order valence-electron chi connectivity index (χ2n) is 14.6. The van der Waals surface area contributed by atoms with Gasteiger partial charge in [-0.05, 0) is 147 Å². The predicted molar refractivity (Wildman–Crippen MR) is 211 cm³/mol. The maximum atomic E-state index is 2.56. The summed E-state index contributed by atoms with van der Waals surface area (Å²) >= 11 is 0. The van der Waals surface area contributed by atoms with Gasteiger partial charge in [0.15, 0.2) is 0 Å². The number of hydrogen-bond acceptors (Lipinski definition) is 0. The zero-order chi connectivity index (χ0) is 33.3. The second-order valence-corrected chi connectivity index (χ2v) is 14.6. The third-order valence-corrected chi connectivity index (χ3v) is 12.3. The molecule has 0 saturated heterocycles. The molecule has 0 fully saturated rings. The predicted octanol–water partition coefficient (Wildman–Crippen LogP) is 8.75. The van der Waals surface area contributed by atoms with Crippen LogP contribution in [0, 0.1) is 0 Å². The Bertz CT molecular complexity index is 2800. The van der Waals surface area contributed by atoms with E-state index < -0.39 is 5.41 Å². The minimum atomic E-state index is -0.404. The van der Waals surface area contributed by atoms with Crippen LogP contribution in [-0.2, 0) is 5.41 Å². The van der Waals surface area contributed by atoms with Gasteiger partial charge in [0.05, 0.1) is 5.41 Å². The van der Waals surface area contributed by atoms with Gasteiger partial charge in [0, 0.05) is 0 Å². The van der Waals surface area contributed by atoms with E-state index in [9.17, 15) is 0 Å². The van der Waals surface area contributed by atoms with Crippen molar-refractivity contribution in [2.75, 3.05) is 0 Å². The quantitative estimate of drug-likeness (QED) is 0.177. The Morgan fingerprint density at radius 3 is 1.31 bits per heavy atom. The van der Waals surface area contributed by atoms with Gasteiger partial charge in [0.2, 0.25) is 0 Å². The van der Waals surface area contributed by atoms with Crippen LogP contribution >= 0.6 is 0 Å². The Morgan fingerprint density at radius 2 is 0.804 bits per heavy atom. The third-order valence-electron chi connectivity index (χ3n) is 12.3. The zero-order valence-corrected chi connectivity index (χ0v) is 28.1. The van der Waals surface area contributed by atoms with Gasteiger partial charge in [-0.3, -0.25) is 0 Å². The summed E-state index contributed by atoms with van der Waals surface area (Å²) in [4.78, 5) is 0. The van der Waals surface area contributed by atoms with Gasteiger partial charge in [-0.1, -0.05) is 146 Å². The number of allylic oxidation sites excluding steroid dienone is 8. The maximum Gasteiger partial charge on any atom is 0.0725 e. The first kappa shape index (κ1) is 27.6. The Kier molecular flexibility index (Phi) is 5.37. The summed E-state index contributed by atoms with van der Waals surface area (Å²) in [6, 6.07) is 50.7. The van der Waals surface area contributed by atoms with Gasteiger partial charge in [0.1, 0.15) is 0 Å². The summed E-state index contributed by atoms with van der Waals surface area (Å²) in [5.41, 5.74) is 21.5. The molecule has 6 aromatic carbocycles. The molecule has 0 aromatic heterocycles. The van der Waals surface area contributed by atoms with Crippen molar-refractivity contribution >= 4 is 34.4 Å². The van der Waals surface area contributed by atoms with Crippen LogP contribution in [0.5, 0.6) is 0 Å². The van der Waals surface area contributed by atoms with E-state index in [1.165, 1.54) is 110 Å². The molecule has 0 atom stereocenters. The minimum absolute atomic E-state index is 0.404. The van der Waals surface area contributed by atoms with Crippen molar-refractivity contribution in [2.24, 2.45) is 0 Å². The van der Waals surface area contributed by atoms with Crippen molar-refractivity contribution in [3.8, 4) is 22.3 Å². The molecule has 0 radical (unpaired) electrons. The van der Waals surface area contributed by atoms with Gasteiger partial charge in [-0.2, -0.15) is 0 Å². The topological polar surface area (TPSA) is 0 Å². The van der Waals surface area contributed by atoms with Gasteiger partial charge in [0.25, 0.3) is 0 Å². The van der Waals surface area contributed by atoms with Gasteiger partial charge >= 0.3 is 0 Å². The summed E-state index contributed by atoms with van der Waals surface area (Å²) < 4.78 is 0. The highest BCUT2D eigenvalue weighted by atomic mass is 14.5. The van der Waals surface area contributed by atoms with Crippen molar-refractivity contribution < 1.29 is 0 Å². The molecule has 51 heavy (non-hydrogen) atoms. The maximum absolute atomic E-state index is 2.56. The van der Waals surface area contributed by atoms with Crippen LogP contribution in [0.15, 0.2) is 169 Å². The van der Waals surface area contributed by atoms with Gasteiger partial charge in [-0.25, -0.2) is 0 Å². The first-order valence-electron chi connectivity index (χ1n) is 18.2. The summed E-state index contributed by atoms with van der Waals surface area (Å²) in [5.74, 6) is 0. The molecule has 0 amide bonds. The number of fused-ring (bicyclic) bond motifs is 14.